The third kappa shape index (κ3) is 8.52. The zero-order valence-corrected chi connectivity index (χ0v) is 23.9. The maximum Gasteiger partial charge on any atom is 0.272 e. The van der Waals surface area contributed by atoms with Gasteiger partial charge in [-0.05, 0) is 102 Å². The highest BCUT2D eigenvalue weighted by atomic mass is 127. The lowest BCUT2D eigenvalue weighted by molar-refractivity contribution is -0.115. The van der Waals surface area contributed by atoms with Crippen LogP contribution in [0, 0.1) is 3.57 Å². The molecule has 39 heavy (non-hydrogen) atoms. The quantitative estimate of drug-likeness (QED) is 0.114. The minimum Gasteiger partial charge on any atom is -0.325 e. The fraction of sp³-hybridized carbons (Fsp3) is 0.0667. The molecule has 1 atom stereocenters. The molecule has 3 amide bonds. The fourth-order valence-electron chi connectivity index (χ4n) is 3.45. The van der Waals surface area contributed by atoms with Crippen LogP contribution < -0.4 is 16.0 Å². The number of amides is 3. The van der Waals surface area contributed by atoms with Crippen molar-refractivity contribution >= 4 is 69.5 Å². The Labute approximate surface area is 244 Å². The van der Waals surface area contributed by atoms with Crippen molar-refractivity contribution in [3.63, 3.8) is 0 Å². The summed E-state index contributed by atoms with van der Waals surface area (Å²) in [5.74, 6) is -1.02. The first-order chi connectivity index (χ1) is 18.9. The molecule has 9 heteroatoms. The molecule has 0 saturated heterocycles. The summed E-state index contributed by atoms with van der Waals surface area (Å²) >= 11 is 3.59. The number of carbonyl (C=O) groups is 3. The van der Waals surface area contributed by atoms with Gasteiger partial charge in [-0.25, -0.2) is 0 Å². The number of thioether (sulfide) groups is 1. The number of nitrogens with zero attached hydrogens (tertiary/aromatic N) is 1. The summed E-state index contributed by atoms with van der Waals surface area (Å²) < 4.78 is 1.09. The molecule has 3 N–H and O–H groups in total. The number of nitrogens with one attached hydrogen (secondary N) is 3. The molecule has 0 spiro atoms. The number of rotatable bonds is 9. The number of hydrogen-bond donors (Lipinski definition) is 3. The van der Waals surface area contributed by atoms with Gasteiger partial charge >= 0.3 is 0 Å². The molecule has 0 bridgehead atoms. The van der Waals surface area contributed by atoms with Gasteiger partial charge in [0.05, 0.1) is 5.25 Å². The number of benzene rings is 3. The summed E-state index contributed by atoms with van der Waals surface area (Å²) in [5, 5.41) is 8.11. The molecule has 1 unspecified atom stereocenters. The molecule has 4 aromatic rings. The molecule has 0 aliphatic rings. The predicted octanol–water partition coefficient (Wildman–Crippen LogP) is 6.22. The van der Waals surface area contributed by atoms with Crippen LogP contribution in [0.5, 0.6) is 0 Å². The van der Waals surface area contributed by atoms with E-state index in [1.807, 2.05) is 43.3 Å². The van der Waals surface area contributed by atoms with E-state index in [1.165, 1.54) is 11.8 Å². The van der Waals surface area contributed by atoms with Gasteiger partial charge in [0.25, 0.3) is 11.8 Å². The third-order valence-corrected chi connectivity index (χ3v) is 7.22. The lowest BCUT2D eigenvalue weighted by atomic mass is 10.2. The Hall–Kier alpha value is -3.96. The van der Waals surface area contributed by atoms with Crippen LogP contribution >= 0.6 is 34.4 Å². The number of halogens is 1. The average Bonchev–Trinajstić information content (AvgIpc) is 2.95. The molecule has 1 heterocycles. The van der Waals surface area contributed by atoms with Crippen LogP contribution in [0.1, 0.15) is 22.8 Å². The number of anilines is 2. The Morgan fingerprint density at radius 2 is 1.64 bits per heavy atom. The number of carbonyl (C=O) groups excluding carboxylic acids is 3. The lowest BCUT2D eigenvalue weighted by Crippen LogP contribution is -2.30. The van der Waals surface area contributed by atoms with Gasteiger partial charge in [0.2, 0.25) is 5.91 Å². The zero-order chi connectivity index (χ0) is 27.6. The van der Waals surface area contributed by atoms with Crippen LogP contribution in [0.4, 0.5) is 11.4 Å². The smallest absolute Gasteiger partial charge is 0.272 e. The van der Waals surface area contributed by atoms with Crippen LogP contribution in [0.15, 0.2) is 114 Å². The van der Waals surface area contributed by atoms with Crippen molar-refractivity contribution in [3.8, 4) is 0 Å². The molecule has 0 saturated carbocycles. The van der Waals surface area contributed by atoms with E-state index in [2.05, 4.69) is 43.5 Å². The Morgan fingerprint density at radius 3 is 2.36 bits per heavy atom. The second-order valence-electron chi connectivity index (χ2n) is 8.40. The summed E-state index contributed by atoms with van der Waals surface area (Å²) in [5.41, 5.74) is 2.42. The molecule has 0 radical (unpaired) electrons. The summed E-state index contributed by atoms with van der Waals surface area (Å²) in [6, 6.07) is 27.0. The van der Waals surface area contributed by atoms with E-state index >= 15 is 0 Å². The highest BCUT2D eigenvalue weighted by Crippen LogP contribution is 2.27. The lowest BCUT2D eigenvalue weighted by Gasteiger charge is -2.14. The van der Waals surface area contributed by atoms with Crippen LogP contribution in [-0.4, -0.2) is 28.0 Å². The highest BCUT2D eigenvalue weighted by molar-refractivity contribution is 14.1. The zero-order valence-electron chi connectivity index (χ0n) is 20.9. The fourth-order valence-corrected chi connectivity index (χ4v) is 4.74. The Kier molecular flexibility index (Phi) is 9.87. The van der Waals surface area contributed by atoms with Crippen LogP contribution in [0.3, 0.4) is 0 Å². The standard InChI is InChI=1S/C30H25IN4O3S/c1-20(28(36)33-24-14-12-23(31)13-15-24)39-26-11-5-10-25(18-26)34-30(38)27(17-21-7-6-16-32-19-21)35-29(37)22-8-3-2-4-9-22/h2-20H,1H3,(H,33,36)(H,34,38)(H,35,37)/b27-17-. The van der Waals surface area contributed by atoms with Crippen molar-refractivity contribution in [2.75, 3.05) is 10.6 Å². The topological polar surface area (TPSA) is 100 Å². The first-order valence-corrected chi connectivity index (χ1v) is 14.0. The second-order valence-corrected chi connectivity index (χ2v) is 11.1. The molecule has 0 aliphatic heterocycles. The van der Waals surface area contributed by atoms with Gasteiger partial charge in [0.1, 0.15) is 5.70 Å². The van der Waals surface area contributed by atoms with E-state index < -0.39 is 11.8 Å². The molecule has 0 fully saturated rings. The monoisotopic (exact) mass is 648 g/mol. The third-order valence-electron chi connectivity index (χ3n) is 5.41. The van der Waals surface area contributed by atoms with E-state index in [4.69, 9.17) is 0 Å². The van der Waals surface area contributed by atoms with Crippen LogP contribution in [0.2, 0.25) is 0 Å². The normalized spacial score (nSPS) is 11.8. The van der Waals surface area contributed by atoms with E-state index in [0.717, 1.165) is 14.2 Å². The molecule has 4 rings (SSSR count). The van der Waals surface area contributed by atoms with Gasteiger partial charge in [-0.2, -0.15) is 0 Å². The van der Waals surface area contributed by atoms with Crippen molar-refractivity contribution < 1.29 is 14.4 Å². The van der Waals surface area contributed by atoms with E-state index in [0.29, 0.717) is 16.8 Å². The molecular formula is C30H25IN4O3S. The van der Waals surface area contributed by atoms with E-state index in [-0.39, 0.29) is 16.9 Å². The van der Waals surface area contributed by atoms with Crippen LogP contribution in [0.25, 0.3) is 6.08 Å². The number of aromatic nitrogens is 1. The maximum absolute atomic E-state index is 13.3. The molecule has 3 aromatic carbocycles. The van der Waals surface area contributed by atoms with Crippen molar-refractivity contribution in [1.29, 1.82) is 0 Å². The predicted molar refractivity (Wildman–Crippen MR) is 164 cm³/mol. The minimum absolute atomic E-state index is 0.0696. The first-order valence-electron chi connectivity index (χ1n) is 12.0. The Morgan fingerprint density at radius 1 is 0.872 bits per heavy atom. The molecule has 7 nitrogen and oxygen atoms in total. The SMILES string of the molecule is CC(Sc1cccc(NC(=O)/C(=C/c2cccnc2)NC(=O)c2ccccc2)c1)C(=O)Nc1ccc(I)cc1. The first kappa shape index (κ1) is 28.1. The van der Waals surface area contributed by atoms with Gasteiger partial charge in [0, 0.05) is 37.8 Å². The summed E-state index contributed by atoms with van der Waals surface area (Å²) in [7, 11) is 0. The number of hydrogen-bond acceptors (Lipinski definition) is 5. The molecular weight excluding hydrogens is 623 g/mol. The summed E-state index contributed by atoms with van der Waals surface area (Å²) in [6.45, 7) is 1.83. The Bertz CT molecular complexity index is 1480. The second kappa shape index (κ2) is 13.7. The largest absolute Gasteiger partial charge is 0.325 e. The van der Waals surface area contributed by atoms with Crippen LogP contribution in [-0.2, 0) is 9.59 Å². The van der Waals surface area contributed by atoms with Crippen molar-refractivity contribution in [2.45, 2.75) is 17.1 Å². The minimum atomic E-state index is -0.491. The van der Waals surface area contributed by atoms with Gasteiger partial charge in [0.15, 0.2) is 0 Å². The van der Waals surface area contributed by atoms with Crippen molar-refractivity contribution in [2.24, 2.45) is 0 Å². The van der Waals surface area contributed by atoms with Gasteiger partial charge in [-0.3, -0.25) is 19.4 Å². The van der Waals surface area contributed by atoms with Gasteiger partial charge in [-0.15, -0.1) is 11.8 Å². The van der Waals surface area contributed by atoms with E-state index in [1.54, 1.807) is 73.1 Å². The summed E-state index contributed by atoms with van der Waals surface area (Å²) in [4.78, 5) is 43.6. The number of pyridine rings is 1. The van der Waals surface area contributed by atoms with Crippen molar-refractivity contribution in [3.05, 3.63) is 124 Å². The maximum atomic E-state index is 13.3. The molecule has 196 valence electrons. The molecule has 1 aromatic heterocycles. The Balaban J connectivity index is 1.45. The average molecular weight is 649 g/mol. The summed E-state index contributed by atoms with van der Waals surface area (Å²) in [6.07, 6.45) is 4.80. The van der Waals surface area contributed by atoms with Crippen molar-refractivity contribution in [1.82, 2.24) is 10.3 Å². The van der Waals surface area contributed by atoms with Gasteiger partial charge in [-0.1, -0.05) is 30.3 Å². The van der Waals surface area contributed by atoms with E-state index in [9.17, 15) is 14.4 Å². The highest BCUT2D eigenvalue weighted by Gasteiger charge is 2.17. The molecule has 0 aliphatic carbocycles. The van der Waals surface area contributed by atoms with Gasteiger partial charge < -0.3 is 16.0 Å².